The fourth-order valence-electron chi connectivity index (χ4n) is 1.35. The third kappa shape index (κ3) is 1.90. The number of carbonyl (C=O) groups excluding carboxylic acids is 1. The van der Waals surface area contributed by atoms with E-state index in [1.807, 2.05) is 12.1 Å². The van der Waals surface area contributed by atoms with Crippen LogP contribution in [-0.4, -0.2) is 19.1 Å². The SMILES string of the molecule is O=C1NCCCOc2cc(Br)ccc21. The Morgan fingerprint density at radius 1 is 1.43 bits per heavy atom. The molecule has 4 heteroatoms. The minimum absolute atomic E-state index is 0.0628. The zero-order chi connectivity index (χ0) is 9.97. The van der Waals surface area contributed by atoms with Gasteiger partial charge in [0.1, 0.15) is 5.75 Å². The molecule has 1 aromatic carbocycles. The molecule has 1 N–H and O–H groups in total. The number of hydrogen-bond acceptors (Lipinski definition) is 2. The minimum Gasteiger partial charge on any atom is -0.493 e. The van der Waals surface area contributed by atoms with E-state index in [0.717, 1.165) is 10.9 Å². The van der Waals surface area contributed by atoms with Gasteiger partial charge in [-0.1, -0.05) is 15.9 Å². The van der Waals surface area contributed by atoms with Crippen molar-refractivity contribution >= 4 is 21.8 Å². The summed E-state index contributed by atoms with van der Waals surface area (Å²) in [6.07, 6.45) is 0.845. The predicted molar refractivity (Wildman–Crippen MR) is 56.6 cm³/mol. The normalized spacial score (nSPS) is 15.9. The molecule has 0 aromatic heterocycles. The highest BCUT2D eigenvalue weighted by Gasteiger charge is 2.14. The van der Waals surface area contributed by atoms with Gasteiger partial charge in [0.25, 0.3) is 5.91 Å². The maximum Gasteiger partial charge on any atom is 0.255 e. The lowest BCUT2D eigenvalue weighted by molar-refractivity contribution is 0.0940. The summed E-state index contributed by atoms with van der Waals surface area (Å²) in [5.74, 6) is 0.587. The van der Waals surface area contributed by atoms with Crippen LogP contribution in [0.15, 0.2) is 22.7 Å². The average Bonchev–Trinajstić information content (AvgIpc) is 2.14. The van der Waals surface area contributed by atoms with Gasteiger partial charge in [-0.15, -0.1) is 0 Å². The Balaban J connectivity index is 2.41. The highest BCUT2D eigenvalue weighted by molar-refractivity contribution is 9.10. The number of hydrogen-bond donors (Lipinski definition) is 1. The van der Waals surface area contributed by atoms with Crippen molar-refractivity contribution in [3.63, 3.8) is 0 Å². The van der Waals surface area contributed by atoms with Gasteiger partial charge >= 0.3 is 0 Å². The van der Waals surface area contributed by atoms with Crippen molar-refractivity contribution in [2.24, 2.45) is 0 Å². The highest BCUT2D eigenvalue weighted by Crippen LogP contribution is 2.24. The number of halogens is 1. The van der Waals surface area contributed by atoms with Gasteiger partial charge in [-0.05, 0) is 24.6 Å². The van der Waals surface area contributed by atoms with E-state index >= 15 is 0 Å². The summed E-state index contributed by atoms with van der Waals surface area (Å²) in [6.45, 7) is 1.32. The standard InChI is InChI=1S/C10H10BrNO2/c11-7-2-3-8-9(6-7)14-5-1-4-12-10(8)13/h2-3,6H,1,4-5H2,(H,12,13). The molecular formula is C10H10BrNO2. The van der Waals surface area contributed by atoms with Gasteiger partial charge in [0, 0.05) is 11.0 Å². The number of benzene rings is 1. The maximum atomic E-state index is 11.6. The molecule has 0 aliphatic carbocycles. The van der Waals surface area contributed by atoms with Crippen molar-refractivity contribution in [1.82, 2.24) is 5.32 Å². The molecule has 0 spiro atoms. The summed E-state index contributed by atoms with van der Waals surface area (Å²) >= 11 is 3.34. The molecule has 74 valence electrons. The van der Waals surface area contributed by atoms with Crippen LogP contribution in [0.3, 0.4) is 0 Å². The molecule has 1 aromatic rings. The molecule has 1 aliphatic rings. The van der Waals surface area contributed by atoms with Gasteiger partial charge in [-0.25, -0.2) is 0 Å². The van der Waals surface area contributed by atoms with Gasteiger partial charge in [0.05, 0.1) is 12.2 Å². The van der Waals surface area contributed by atoms with E-state index in [2.05, 4.69) is 21.2 Å². The molecule has 14 heavy (non-hydrogen) atoms. The van der Waals surface area contributed by atoms with Crippen LogP contribution >= 0.6 is 15.9 Å². The Bertz CT molecular complexity index is 365. The second-order valence-electron chi connectivity index (χ2n) is 3.10. The number of carbonyl (C=O) groups is 1. The molecule has 0 radical (unpaired) electrons. The third-order valence-electron chi connectivity index (χ3n) is 2.05. The van der Waals surface area contributed by atoms with Gasteiger partial charge < -0.3 is 10.1 Å². The van der Waals surface area contributed by atoms with Crippen molar-refractivity contribution in [3.05, 3.63) is 28.2 Å². The van der Waals surface area contributed by atoms with Crippen LogP contribution < -0.4 is 10.1 Å². The molecule has 0 atom stereocenters. The number of fused-ring (bicyclic) bond motifs is 1. The Morgan fingerprint density at radius 2 is 2.29 bits per heavy atom. The first kappa shape index (κ1) is 9.52. The first-order valence-electron chi connectivity index (χ1n) is 4.48. The molecule has 1 aliphatic heterocycles. The first-order chi connectivity index (χ1) is 6.77. The van der Waals surface area contributed by atoms with E-state index < -0.39 is 0 Å². The van der Waals surface area contributed by atoms with Crippen LogP contribution in [-0.2, 0) is 0 Å². The number of rotatable bonds is 0. The summed E-state index contributed by atoms with van der Waals surface area (Å²) in [4.78, 5) is 11.6. The van der Waals surface area contributed by atoms with Crippen LogP contribution in [0.2, 0.25) is 0 Å². The van der Waals surface area contributed by atoms with Crippen molar-refractivity contribution in [1.29, 1.82) is 0 Å². The van der Waals surface area contributed by atoms with Gasteiger partial charge in [0.15, 0.2) is 0 Å². The van der Waals surface area contributed by atoms with Crippen molar-refractivity contribution < 1.29 is 9.53 Å². The maximum absolute atomic E-state index is 11.6. The molecule has 2 rings (SSSR count). The Labute approximate surface area is 90.6 Å². The molecule has 0 saturated heterocycles. The Hall–Kier alpha value is -1.03. The van der Waals surface area contributed by atoms with Gasteiger partial charge in [-0.2, -0.15) is 0 Å². The Kier molecular flexibility index (Phi) is 2.72. The van der Waals surface area contributed by atoms with Gasteiger partial charge in [-0.3, -0.25) is 4.79 Å². The molecule has 1 amide bonds. The zero-order valence-corrected chi connectivity index (χ0v) is 9.13. The summed E-state index contributed by atoms with van der Waals surface area (Å²) in [5.41, 5.74) is 0.605. The van der Waals surface area contributed by atoms with Crippen LogP contribution in [0, 0.1) is 0 Å². The second kappa shape index (κ2) is 4.00. The lowest BCUT2D eigenvalue weighted by Gasteiger charge is -2.15. The average molecular weight is 256 g/mol. The number of nitrogens with one attached hydrogen (secondary N) is 1. The van der Waals surface area contributed by atoms with Crippen LogP contribution in [0.25, 0.3) is 0 Å². The molecule has 0 saturated carbocycles. The minimum atomic E-state index is -0.0628. The fourth-order valence-corrected chi connectivity index (χ4v) is 1.69. The molecule has 0 fully saturated rings. The molecule has 0 unspecified atom stereocenters. The van der Waals surface area contributed by atoms with Crippen molar-refractivity contribution in [2.75, 3.05) is 13.2 Å². The van der Waals surface area contributed by atoms with E-state index in [-0.39, 0.29) is 5.91 Å². The van der Waals surface area contributed by atoms with Crippen LogP contribution in [0.4, 0.5) is 0 Å². The Morgan fingerprint density at radius 3 is 3.14 bits per heavy atom. The second-order valence-corrected chi connectivity index (χ2v) is 4.01. The lowest BCUT2D eigenvalue weighted by Crippen LogP contribution is -2.28. The zero-order valence-electron chi connectivity index (χ0n) is 7.55. The smallest absolute Gasteiger partial charge is 0.255 e. The van der Waals surface area contributed by atoms with Crippen LogP contribution in [0.5, 0.6) is 5.75 Å². The first-order valence-corrected chi connectivity index (χ1v) is 5.27. The molecule has 0 bridgehead atoms. The largest absolute Gasteiger partial charge is 0.493 e. The highest BCUT2D eigenvalue weighted by atomic mass is 79.9. The number of amides is 1. The summed E-state index contributed by atoms with van der Waals surface area (Å²) in [7, 11) is 0. The lowest BCUT2D eigenvalue weighted by atomic mass is 10.1. The monoisotopic (exact) mass is 255 g/mol. The molecule has 1 heterocycles. The number of ether oxygens (including phenoxy) is 1. The quantitative estimate of drug-likeness (QED) is 0.770. The van der Waals surface area contributed by atoms with E-state index in [4.69, 9.17) is 4.74 Å². The van der Waals surface area contributed by atoms with Crippen molar-refractivity contribution in [2.45, 2.75) is 6.42 Å². The van der Waals surface area contributed by atoms with Gasteiger partial charge in [0.2, 0.25) is 0 Å². The topological polar surface area (TPSA) is 38.3 Å². The summed E-state index contributed by atoms with van der Waals surface area (Å²) in [5, 5.41) is 2.83. The summed E-state index contributed by atoms with van der Waals surface area (Å²) < 4.78 is 6.41. The van der Waals surface area contributed by atoms with Crippen LogP contribution in [0.1, 0.15) is 16.8 Å². The molecule has 3 nitrogen and oxygen atoms in total. The van der Waals surface area contributed by atoms with Crippen molar-refractivity contribution in [3.8, 4) is 5.75 Å². The van der Waals surface area contributed by atoms with E-state index in [0.29, 0.717) is 24.5 Å². The van der Waals surface area contributed by atoms with E-state index in [9.17, 15) is 4.79 Å². The fraction of sp³-hybridized carbons (Fsp3) is 0.300. The van der Waals surface area contributed by atoms with E-state index in [1.165, 1.54) is 0 Å². The summed E-state index contributed by atoms with van der Waals surface area (Å²) in [6, 6.07) is 5.42. The third-order valence-corrected chi connectivity index (χ3v) is 2.55. The predicted octanol–water partition coefficient (Wildman–Crippen LogP) is 1.96. The van der Waals surface area contributed by atoms with E-state index in [1.54, 1.807) is 6.07 Å². The molecular weight excluding hydrogens is 246 g/mol.